The van der Waals surface area contributed by atoms with Crippen LogP contribution in [0.2, 0.25) is 0 Å². The van der Waals surface area contributed by atoms with E-state index in [0.717, 1.165) is 0 Å². The van der Waals surface area contributed by atoms with Crippen LogP contribution in [0.4, 0.5) is 0 Å². The van der Waals surface area contributed by atoms with Crippen LogP contribution in [0.15, 0.2) is 0 Å². The van der Waals surface area contributed by atoms with Gasteiger partial charge in [-0.2, -0.15) is 0 Å². The first kappa shape index (κ1) is 27.2. The van der Waals surface area contributed by atoms with Crippen molar-refractivity contribution in [1.29, 1.82) is 0 Å². The molecule has 0 saturated carbocycles. The molecular formula is CaCsF2+. The third-order valence-corrected chi connectivity index (χ3v) is 0. The minimum absolute atomic E-state index is 0. The quantitative estimate of drug-likeness (QED) is 0.349. The molecule has 4 heteroatoms. The molecule has 0 aromatic rings. The van der Waals surface area contributed by atoms with Crippen molar-refractivity contribution in [2.75, 3.05) is 0 Å². The summed E-state index contributed by atoms with van der Waals surface area (Å²) in [6.45, 7) is 0. The predicted molar refractivity (Wildman–Crippen MR) is 5.75 cm³/mol. The fourth-order valence-electron chi connectivity index (χ4n) is 0. The Hall–Kier alpha value is 3.17. The zero-order chi connectivity index (χ0) is 0. The number of hydrogen-bond donors (Lipinski definition) is 0. The molecule has 0 aliphatic carbocycles. The summed E-state index contributed by atoms with van der Waals surface area (Å²) in [5.74, 6) is 0. The Morgan fingerprint density at radius 1 is 0.750 bits per heavy atom. The van der Waals surface area contributed by atoms with Gasteiger partial charge >= 0.3 is 107 Å². The second-order valence-electron chi connectivity index (χ2n) is 0. The molecule has 0 spiro atoms. The Bertz CT molecular complexity index is 6.00. The maximum Gasteiger partial charge on any atom is 2.00 e. The molecule has 0 heterocycles. The average molecular weight is 211 g/mol. The summed E-state index contributed by atoms with van der Waals surface area (Å²) in [6, 6.07) is 0. The zero-order valence-electron chi connectivity index (χ0n) is 2.46. The minimum atomic E-state index is 0. The second kappa shape index (κ2) is 16.4. The van der Waals surface area contributed by atoms with E-state index in [2.05, 4.69) is 0 Å². The maximum absolute atomic E-state index is 0. The Kier molecular flexibility index (Phi) is 111. The molecule has 0 amide bonds. The summed E-state index contributed by atoms with van der Waals surface area (Å²) < 4.78 is 0. The van der Waals surface area contributed by atoms with Crippen molar-refractivity contribution in [1.82, 2.24) is 0 Å². The standard InChI is InChI=1S/Ca.Cs.2FH/h;;2*1H/q+2;+1;;/p-2. The van der Waals surface area contributed by atoms with Crippen molar-refractivity contribution in [2.24, 2.45) is 0 Å². The summed E-state index contributed by atoms with van der Waals surface area (Å²) >= 11 is 0. The molecule has 0 atom stereocenters. The summed E-state index contributed by atoms with van der Waals surface area (Å²) in [4.78, 5) is 0. The smallest absolute Gasteiger partial charge is 1.00 e. The van der Waals surface area contributed by atoms with Crippen LogP contribution in [0.5, 0.6) is 0 Å². The summed E-state index contributed by atoms with van der Waals surface area (Å²) in [7, 11) is 0. The predicted octanol–water partition coefficient (Wildman–Crippen LogP) is -9.37. The molecule has 0 aromatic heterocycles. The molecular weight excluding hydrogens is 211 g/mol. The SMILES string of the molecule is [Ca+2].[Cs+].[F-].[F-]. The molecule has 16 valence electrons. The molecule has 0 aliphatic rings. The third kappa shape index (κ3) is 8.95. The van der Waals surface area contributed by atoms with Crippen LogP contribution in [0.3, 0.4) is 0 Å². The normalized spacial score (nSPS) is 0. The first-order chi connectivity index (χ1) is 0. The molecule has 0 saturated heterocycles. The van der Waals surface area contributed by atoms with Gasteiger partial charge in [-0.15, -0.1) is 0 Å². The topological polar surface area (TPSA) is 0 Å². The van der Waals surface area contributed by atoms with Gasteiger partial charge < -0.3 is 9.41 Å². The Morgan fingerprint density at radius 3 is 0.750 bits per heavy atom. The van der Waals surface area contributed by atoms with Gasteiger partial charge in [0.1, 0.15) is 0 Å². The van der Waals surface area contributed by atoms with Gasteiger partial charge in [-0.3, -0.25) is 0 Å². The molecule has 0 radical (unpaired) electrons. The molecule has 0 nitrogen and oxygen atoms in total. The van der Waals surface area contributed by atoms with Gasteiger partial charge in [-0.1, -0.05) is 0 Å². The van der Waals surface area contributed by atoms with Gasteiger partial charge in [0.25, 0.3) is 0 Å². The van der Waals surface area contributed by atoms with Gasteiger partial charge in [0.2, 0.25) is 0 Å². The van der Waals surface area contributed by atoms with Crippen LogP contribution in [-0.4, -0.2) is 37.7 Å². The first-order valence-corrected chi connectivity index (χ1v) is 0. The van der Waals surface area contributed by atoms with Gasteiger partial charge in [0, 0.05) is 0 Å². The van der Waals surface area contributed by atoms with E-state index in [1.165, 1.54) is 0 Å². The van der Waals surface area contributed by atoms with Crippen molar-refractivity contribution in [3.63, 3.8) is 0 Å². The fourth-order valence-corrected chi connectivity index (χ4v) is 0. The molecule has 0 N–H and O–H groups in total. The number of hydrogen-bond acceptors (Lipinski definition) is 0. The van der Waals surface area contributed by atoms with Gasteiger partial charge in [-0.05, 0) is 0 Å². The van der Waals surface area contributed by atoms with E-state index in [-0.39, 0.29) is 116 Å². The summed E-state index contributed by atoms with van der Waals surface area (Å²) in [5, 5.41) is 0. The van der Waals surface area contributed by atoms with E-state index in [4.69, 9.17) is 0 Å². The molecule has 0 rings (SSSR count). The number of rotatable bonds is 0. The molecule has 4 heavy (non-hydrogen) atoms. The van der Waals surface area contributed by atoms with E-state index in [1.807, 2.05) is 0 Å². The zero-order valence-corrected chi connectivity index (χ0v) is 11.0. The van der Waals surface area contributed by atoms with Crippen LogP contribution in [0, 0.1) is 0 Å². The Morgan fingerprint density at radius 2 is 0.750 bits per heavy atom. The van der Waals surface area contributed by atoms with Crippen molar-refractivity contribution >= 4 is 37.7 Å². The van der Waals surface area contributed by atoms with E-state index in [9.17, 15) is 0 Å². The van der Waals surface area contributed by atoms with Crippen molar-refractivity contribution in [2.45, 2.75) is 0 Å². The van der Waals surface area contributed by atoms with Crippen LogP contribution in [0.1, 0.15) is 0 Å². The molecule has 0 aliphatic heterocycles. The Balaban J connectivity index is 0. The molecule has 0 unspecified atom stereocenters. The summed E-state index contributed by atoms with van der Waals surface area (Å²) in [6.07, 6.45) is 0. The monoisotopic (exact) mass is 211 g/mol. The molecule has 0 fully saturated rings. The maximum atomic E-state index is 0. The van der Waals surface area contributed by atoms with Crippen LogP contribution >= 0.6 is 0 Å². The summed E-state index contributed by atoms with van der Waals surface area (Å²) in [5.41, 5.74) is 0. The average Bonchev–Trinajstić information content (AvgIpc) is 0. The van der Waals surface area contributed by atoms with Crippen molar-refractivity contribution in [3.05, 3.63) is 0 Å². The van der Waals surface area contributed by atoms with Gasteiger partial charge in [0.15, 0.2) is 0 Å². The number of halogens is 2. The first-order valence-electron chi connectivity index (χ1n) is 0. The van der Waals surface area contributed by atoms with Gasteiger partial charge in [-0.25, -0.2) is 0 Å². The van der Waals surface area contributed by atoms with E-state index >= 15 is 0 Å². The van der Waals surface area contributed by atoms with E-state index < -0.39 is 0 Å². The van der Waals surface area contributed by atoms with E-state index in [0.29, 0.717) is 0 Å². The minimum Gasteiger partial charge on any atom is -1.00 e. The second-order valence-corrected chi connectivity index (χ2v) is 0. The third-order valence-electron chi connectivity index (χ3n) is 0. The van der Waals surface area contributed by atoms with Crippen molar-refractivity contribution in [3.8, 4) is 0 Å². The largest absolute Gasteiger partial charge is 2.00 e. The Labute approximate surface area is 112 Å². The van der Waals surface area contributed by atoms with Crippen molar-refractivity contribution < 1.29 is 78.3 Å². The van der Waals surface area contributed by atoms with Crippen LogP contribution in [-0.2, 0) is 0 Å². The van der Waals surface area contributed by atoms with E-state index in [1.54, 1.807) is 0 Å². The molecule has 0 bridgehead atoms. The van der Waals surface area contributed by atoms with Crippen LogP contribution < -0.4 is 78.3 Å². The van der Waals surface area contributed by atoms with Gasteiger partial charge in [0.05, 0.1) is 0 Å². The fraction of sp³-hybridized carbons (Fsp3) is 0. The molecule has 0 aromatic carbocycles. The van der Waals surface area contributed by atoms with Crippen LogP contribution in [0.25, 0.3) is 0 Å².